The van der Waals surface area contributed by atoms with Crippen molar-refractivity contribution < 1.29 is 23.9 Å². The maximum Gasteiger partial charge on any atom is 0.413 e. The second-order valence-electron chi connectivity index (χ2n) is 5.52. The van der Waals surface area contributed by atoms with Gasteiger partial charge in [-0.1, -0.05) is 12.1 Å². The first kappa shape index (κ1) is 19.3. The van der Waals surface area contributed by atoms with Gasteiger partial charge in [-0.2, -0.15) is 0 Å². The van der Waals surface area contributed by atoms with Crippen LogP contribution in [0.1, 0.15) is 48.4 Å². The van der Waals surface area contributed by atoms with E-state index in [2.05, 4.69) is 15.4 Å². The molecule has 0 unspecified atom stereocenters. The van der Waals surface area contributed by atoms with Crippen LogP contribution in [0.4, 0.5) is 9.80 Å². The number of benzene rings is 1. The fourth-order valence-corrected chi connectivity index (χ4v) is 3.28. The molecule has 8 heteroatoms. The second-order valence-corrected chi connectivity index (χ2v) is 6.75. The predicted molar refractivity (Wildman–Crippen MR) is 98.1 cm³/mol. The number of Topliss-reactive ketones (excluding diaryl/α,β-unsaturated/α-hetero) is 1. The van der Waals surface area contributed by atoms with Gasteiger partial charge in [-0.15, -0.1) is 11.3 Å². The lowest BCUT2D eigenvalue weighted by Crippen LogP contribution is -2.31. The number of hydrogen-bond acceptors (Lipinski definition) is 6. The van der Waals surface area contributed by atoms with Gasteiger partial charge in [0.05, 0.1) is 12.7 Å². The molecule has 26 heavy (non-hydrogen) atoms. The highest BCUT2D eigenvalue weighted by atomic mass is 32.1. The smallest absolute Gasteiger partial charge is 0.413 e. The lowest BCUT2D eigenvalue weighted by molar-refractivity contribution is 0.0936. The summed E-state index contributed by atoms with van der Waals surface area (Å²) in [7, 11) is 1.15. The van der Waals surface area contributed by atoms with Crippen molar-refractivity contribution in [2.45, 2.75) is 20.8 Å². The fourth-order valence-electron chi connectivity index (χ4n) is 2.23. The van der Waals surface area contributed by atoms with E-state index in [-0.39, 0.29) is 11.3 Å². The Morgan fingerprint density at radius 1 is 0.962 bits per heavy atom. The number of ether oxygens (including phenoxy) is 1. The molecule has 3 amide bonds. The standard InChI is InChI=1S/C18H18N2O5S/c1-9-11(3)26-17(14(9)16(23)20-18(24)25-4)19-15(22)13-7-5-12(6-8-13)10(2)21/h5-8H,1-4H3,(H,19,22)(H,20,23,24). The number of anilines is 1. The van der Waals surface area contributed by atoms with E-state index >= 15 is 0 Å². The highest BCUT2D eigenvalue weighted by Gasteiger charge is 2.23. The SMILES string of the molecule is COC(=O)NC(=O)c1c(NC(=O)c2ccc(C(C)=O)cc2)sc(C)c1C. The van der Waals surface area contributed by atoms with Gasteiger partial charge in [0, 0.05) is 16.0 Å². The van der Waals surface area contributed by atoms with Gasteiger partial charge in [0.1, 0.15) is 5.00 Å². The lowest BCUT2D eigenvalue weighted by Gasteiger charge is -2.08. The first-order chi connectivity index (χ1) is 12.2. The van der Waals surface area contributed by atoms with Crippen LogP contribution in [0, 0.1) is 13.8 Å². The number of ketones is 1. The third kappa shape index (κ3) is 4.15. The summed E-state index contributed by atoms with van der Waals surface area (Å²) >= 11 is 1.24. The molecule has 0 spiro atoms. The van der Waals surface area contributed by atoms with Gasteiger partial charge in [-0.25, -0.2) is 4.79 Å². The molecular formula is C18H18N2O5S. The Hall–Kier alpha value is -3.00. The number of rotatable bonds is 4. The fraction of sp³-hybridized carbons (Fsp3) is 0.222. The molecule has 0 saturated heterocycles. The number of carbonyl (C=O) groups excluding carboxylic acids is 4. The lowest BCUT2D eigenvalue weighted by atomic mass is 10.1. The molecule has 0 radical (unpaired) electrons. The largest absolute Gasteiger partial charge is 0.453 e. The van der Waals surface area contributed by atoms with Gasteiger partial charge in [0.15, 0.2) is 5.78 Å². The van der Waals surface area contributed by atoms with E-state index in [1.165, 1.54) is 30.4 Å². The van der Waals surface area contributed by atoms with Crippen molar-refractivity contribution in [3.8, 4) is 0 Å². The van der Waals surface area contributed by atoms with Gasteiger partial charge in [-0.3, -0.25) is 19.7 Å². The van der Waals surface area contributed by atoms with E-state index in [1.54, 1.807) is 19.1 Å². The van der Waals surface area contributed by atoms with Crippen molar-refractivity contribution in [3.63, 3.8) is 0 Å². The molecule has 2 N–H and O–H groups in total. The molecule has 0 saturated carbocycles. The average molecular weight is 374 g/mol. The van der Waals surface area contributed by atoms with E-state index in [4.69, 9.17) is 0 Å². The molecule has 136 valence electrons. The summed E-state index contributed by atoms with van der Waals surface area (Å²) in [6.07, 6.45) is -0.879. The van der Waals surface area contributed by atoms with E-state index < -0.39 is 17.9 Å². The molecule has 0 aliphatic heterocycles. The number of carbonyl (C=O) groups is 4. The Morgan fingerprint density at radius 3 is 2.08 bits per heavy atom. The summed E-state index contributed by atoms with van der Waals surface area (Å²) in [6, 6.07) is 6.20. The first-order valence-electron chi connectivity index (χ1n) is 7.66. The zero-order chi connectivity index (χ0) is 19.4. The monoisotopic (exact) mass is 374 g/mol. The topological polar surface area (TPSA) is 102 Å². The van der Waals surface area contributed by atoms with Crippen LogP contribution >= 0.6 is 11.3 Å². The van der Waals surface area contributed by atoms with Crippen LogP contribution in [-0.4, -0.2) is 30.8 Å². The number of aryl methyl sites for hydroxylation is 1. The minimum absolute atomic E-state index is 0.0942. The minimum Gasteiger partial charge on any atom is -0.453 e. The van der Waals surface area contributed by atoms with Crippen molar-refractivity contribution >= 4 is 40.0 Å². The van der Waals surface area contributed by atoms with Gasteiger partial charge >= 0.3 is 6.09 Å². The van der Waals surface area contributed by atoms with Crippen LogP contribution in [0.2, 0.25) is 0 Å². The normalized spacial score (nSPS) is 10.2. The molecule has 1 heterocycles. The minimum atomic E-state index is -0.879. The number of nitrogens with one attached hydrogen (secondary N) is 2. The molecule has 0 atom stereocenters. The summed E-state index contributed by atoms with van der Waals surface area (Å²) in [5.74, 6) is -1.17. The number of amides is 3. The van der Waals surface area contributed by atoms with Crippen LogP contribution in [0.25, 0.3) is 0 Å². The summed E-state index contributed by atoms with van der Waals surface area (Å²) in [4.78, 5) is 48.2. The number of methoxy groups -OCH3 is 1. The third-order valence-corrected chi connectivity index (χ3v) is 4.92. The second kappa shape index (κ2) is 7.92. The summed E-state index contributed by atoms with van der Waals surface area (Å²) < 4.78 is 4.43. The Morgan fingerprint density at radius 2 is 1.54 bits per heavy atom. The molecule has 7 nitrogen and oxygen atoms in total. The number of thiophene rings is 1. The van der Waals surface area contributed by atoms with Gasteiger partial charge in [-0.05, 0) is 38.5 Å². The van der Waals surface area contributed by atoms with E-state index in [1.807, 2.05) is 6.92 Å². The quantitative estimate of drug-likeness (QED) is 0.800. The Balaban J connectivity index is 2.27. The molecule has 0 fully saturated rings. The van der Waals surface area contributed by atoms with E-state index in [0.29, 0.717) is 21.7 Å². The van der Waals surface area contributed by atoms with Crippen LogP contribution in [0.15, 0.2) is 24.3 Å². The Bertz CT molecular complexity index is 884. The van der Waals surface area contributed by atoms with Gasteiger partial charge < -0.3 is 10.1 Å². The molecule has 1 aromatic heterocycles. The molecule has 0 aliphatic rings. The highest BCUT2D eigenvalue weighted by Crippen LogP contribution is 2.32. The molecular weight excluding hydrogens is 356 g/mol. The van der Waals surface area contributed by atoms with Crippen LogP contribution in [-0.2, 0) is 4.74 Å². The van der Waals surface area contributed by atoms with Crippen LogP contribution < -0.4 is 10.6 Å². The number of imide groups is 1. The van der Waals surface area contributed by atoms with Crippen molar-refractivity contribution in [3.05, 3.63) is 51.4 Å². The maximum atomic E-state index is 12.5. The zero-order valence-corrected chi connectivity index (χ0v) is 15.6. The maximum absolute atomic E-state index is 12.5. The predicted octanol–water partition coefficient (Wildman–Crippen LogP) is 3.32. The van der Waals surface area contributed by atoms with E-state index in [0.717, 1.165) is 12.0 Å². The molecule has 1 aromatic carbocycles. The third-order valence-electron chi connectivity index (χ3n) is 3.79. The highest BCUT2D eigenvalue weighted by molar-refractivity contribution is 7.16. The summed E-state index contributed by atoms with van der Waals surface area (Å²) in [5.41, 5.74) is 1.73. The molecule has 2 aromatic rings. The van der Waals surface area contributed by atoms with Crippen LogP contribution in [0.3, 0.4) is 0 Å². The van der Waals surface area contributed by atoms with Crippen LogP contribution in [0.5, 0.6) is 0 Å². The zero-order valence-electron chi connectivity index (χ0n) is 14.8. The van der Waals surface area contributed by atoms with Gasteiger partial charge in [0.25, 0.3) is 11.8 Å². The molecule has 0 aliphatic carbocycles. The average Bonchev–Trinajstić information content (AvgIpc) is 2.88. The Kier molecular flexibility index (Phi) is 5.89. The first-order valence-corrected chi connectivity index (χ1v) is 8.47. The molecule has 2 rings (SSSR count). The number of hydrogen-bond donors (Lipinski definition) is 2. The number of alkyl carbamates (subject to hydrolysis) is 1. The van der Waals surface area contributed by atoms with Crippen molar-refractivity contribution in [2.24, 2.45) is 0 Å². The van der Waals surface area contributed by atoms with Crippen molar-refractivity contribution in [1.82, 2.24) is 5.32 Å². The molecule has 0 bridgehead atoms. The Labute approximate surface area is 154 Å². The summed E-state index contributed by atoms with van der Waals surface area (Å²) in [5, 5.41) is 5.12. The van der Waals surface area contributed by atoms with Crippen molar-refractivity contribution in [2.75, 3.05) is 12.4 Å². The van der Waals surface area contributed by atoms with Crippen molar-refractivity contribution in [1.29, 1.82) is 0 Å². The van der Waals surface area contributed by atoms with Gasteiger partial charge in [0.2, 0.25) is 0 Å². The summed E-state index contributed by atoms with van der Waals surface area (Å²) in [6.45, 7) is 4.99. The van der Waals surface area contributed by atoms with E-state index in [9.17, 15) is 19.2 Å².